The van der Waals surface area contributed by atoms with E-state index in [1.165, 1.54) is 26.4 Å². The lowest BCUT2D eigenvalue weighted by atomic mass is 9.88. The van der Waals surface area contributed by atoms with Crippen molar-refractivity contribution in [2.45, 2.75) is 57.0 Å². The molecule has 1 aliphatic rings. The summed E-state index contributed by atoms with van der Waals surface area (Å²) in [4.78, 5) is 12.2. The van der Waals surface area contributed by atoms with Crippen LogP contribution in [-0.2, 0) is 16.0 Å². The summed E-state index contributed by atoms with van der Waals surface area (Å²) in [7, 11) is 1.47. The Labute approximate surface area is 121 Å². The summed E-state index contributed by atoms with van der Waals surface area (Å²) in [5.41, 5.74) is 0.515. The van der Waals surface area contributed by atoms with Crippen molar-refractivity contribution < 1.29 is 9.53 Å². The van der Waals surface area contributed by atoms with Crippen LogP contribution in [0.3, 0.4) is 0 Å². The molecule has 0 radical (unpaired) electrons. The molecule has 1 N–H and O–H groups in total. The maximum Gasteiger partial charge on any atom is 0.326 e. The number of esters is 1. The van der Waals surface area contributed by atoms with Crippen molar-refractivity contribution in [3.8, 4) is 0 Å². The molecular formula is C17H25NO2. The monoisotopic (exact) mass is 275 g/mol. The van der Waals surface area contributed by atoms with Crippen LogP contribution in [0, 0.1) is 0 Å². The van der Waals surface area contributed by atoms with Crippen LogP contribution in [0.2, 0.25) is 0 Å². The number of carbonyl (C=O) groups excluding carboxylic acids is 1. The number of nitrogens with one attached hydrogen (secondary N) is 1. The van der Waals surface area contributed by atoms with Crippen molar-refractivity contribution in [3.05, 3.63) is 35.9 Å². The van der Waals surface area contributed by atoms with Crippen LogP contribution >= 0.6 is 0 Å². The molecule has 0 amide bonds. The second kappa shape index (κ2) is 6.89. The maximum atomic E-state index is 12.2. The standard InChI is InChI=1S/C17H25NO2/c1-17(16(19)20-2,13-14-9-5-3-6-10-14)18-15-11-7-4-8-12-15/h3,5-6,9-10,15,18H,4,7-8,11-13H2,1-2H3. The molecule has 1 atom stereocenters. The average Bonchev–Trinajstić information content (AvgIpc) is 2.48. The Morgan fingerprint density at radius 1 is 1.25 bits per heavy atom. The van der Waals surface area contributed by atoms with E-state index in [9.17, 15) is 4.79 Å². The third kappa shape index (κ3) is 3.83. The Hall–Kier alpha value is -1.35. The highest BCUT2D eigenvalue weighted by molar-refractivity contribution is 5.80. The second-order valence-electron chi connectivity index (χ2n) is 5.97. The highest BCUT2D eigenvalue weighted by atomic mass is 16.5. The molecule has 3 nitrogen and oxygen atoms in total. The summed E-state index contributed by atoms with van der Waals surface area (Å²) in [6, 6.07) is 10.6. The molecule has 3 heteroatoms. The molecule has 1 unspecified atom stereocenters. The number of carbonyl (C=O) groups is 1. The molecule has 0 saturated heterocycles. The first-order valence-corrected chi connectivity index (χ1v) is 7.54. The van der Waals surface area contributed by atoms with Gasteiger partial charge in [0, 0.05) is 12.5 Å². The third-order valence-corrected chi connectivity index (χ3v) is 4.16. The van der Waals surface area contributed by atoms with Gasteiger partial charge in [0.15, 0.2) is 0 Å². The second-order valence-corrected chi connectivity index (χ2v) is 5.97. The average molecular weight is 275 g/mol. The van der Waals surface area contributed by atoms with Gasteiger partial charge in [0.1, 0.15) is 5.54 Å². The van der Waals surface area contributed by atoms with Crippen molar-refractivity contribution in [1.82, 2.24) is 5.32 Å². The van der Waals surface area contributed by atoms with Crippen LogP contribution in [0.25, 0.3) is 0 Å². The summed E-state index contributed by atoms with van der Waals surface area (Å²) >= 11 is 0. The minimum absolute atomic E-state index is 0.174. The van der Waals surface area contributed by atoms with Gasteiger partial charge in [-0.15, -0.1) is 0 Å². The molecule has 1 saturated carbocycles. The van der Waals surface area contributed by atoms with Crippen LogP contribution in [0.4, 0.5) is 0 Å². The van der Waals surface area contributed by atoms with E-state index in [2.05, 4.69) is 17.4 Å². The van der Waals surface area contributed by atoms with Crippen LogP contribution in [0.5, 0.6) is 0 Å². The summed E-state index contributed by atoms with van der Waals surface area (Å²) in [5, 5.41) is 3.56. The molecule has 1 aromatic rings. The SMILES string of the molecule is COC(=O)C(C)(Cc1ccccc1)NC1CCCCC1. The van der Waals surface area contributed by atoms with Crippen LogP contribution in [0.15, 0.2) is 30.3 Å². The fourth-order valence-corrected chi connectivity index (χ4v) is 3.11. The van der Waals surface area contributed by atoms with Crippen LogP contribution < -0.4 is 5.32 Å². The first-order valence-electron chi connectivity index (χ1n) is 7.54. The quantitative estimate of drug-likeness (QED) is 0.839. The van der Waals surface area contributed by atoms with Gasteiger partial charge in [0.05, 0.1) is 7.11 Å². The van der Waals surface area contributed by atoms with Crippen molar-refractivity contribution >= 4 is 5.97 Å². The first kappa shape index (κ1) is 15.0. The molecular weight excluding hydrogens is 250 g/mol. The zero-order valence-electron chi connectivity index (χ0n) is 12.5. The minimum Gasteiger partial charge on any atom is -0.468 e. The number of hydrogen-bond acceptors (Lipinski definition) is 3. The fraction of sp³-hybridized carbons (Fsp3) is 0.588. The van der Waals surface area contributed by atoms with E-state index in [-0.39, 0.29) is 5.97 Å². The van der Waals surface area contributed by atoms with Gasteiger partial charge in [-0.25, -0.2) is 0 Å². The van der Waals surface area contributed by atoms with Gasteiger partial charge in [-0.05, 0) is 25.3 Å². The summed E-state index contributed by atoms with van der Waals surface area (Å²) in [6.45, 7) is 1.96. The Balaban J connectivity index is 2.10. The lowest BCUT2D eigenvalue weighted by Gasteiger charge is -2.34. The summed E-state index contributed by atoms with van der Waals surface area (Å²) in [5.74, 6) is -0.174. The fourth-order valence-electron chi connectivity index (χ4n) is 3.11. The first-order chi connectivity index (χ1) is 9.64. The number of ether oxygens (including phenoxy) is 1. The smallest absolute Gasteiger partial charge is 0.326 e. The van der Waals surface area contributed by atoms with Gasteiger partial charge >= 0.3 is 5.97 Å². The molecule has 1 aromatic carbocycles. The molecule has 0 aromatic heterocycles. The third-order valence-electron chi connectivity index (χ3n) is 4.16. The van der Waals surface area contributed by atoms with Crippen LogP contribution in [-0.4, -0.2) is 24.7 Å². The molecule has 1 fully saturated rings. The number of methoxy groups -OCH3 is 1. The largest absolute Gasteiger partial charge is 0.468 e. The van der Waals surface area contributed by atoms with Crippen molar-refractivity contribution in [3.63, 3.8) is 0 Å². The molecule has 0 heterocycles. The summed E-state index contributed by atoms with van der Waals surface area (Å²) in [6.07, 6.45) is 6.78. The van der Waals surface area contributed by atoms with Crippen molar-refractivity contribution in [1.29, 1.82) is 0 Å². The van der Waals surface area contributed by atoms with Gasteiger partial charge in [0.2, 0.25) is 0 Å². The van der Waals surface area contributed by atoms with E-state index >= 15 is 0 Å². The van der Waals surface area contributed by atoms with Gasteiger partial charge in [-0.3, -0.25) is 10.1 Å². The molecule has 2 rings (SSSR count). The lowest BCUT2D eigenvalue weighted by Crippen LogP contribution is -2.56. The molecule has 0 spiro atoms. The van der Waals surface area contributed by atoms with Gasteiger partial charge in [-0.2, -0.15) is 0 Å². The number of hydrogen-bond donors (Lipinski definition) is 1. The highest BCUT2D eigenvalue weighted by Gasteiger charge is 2.36. The minimum atomic E-state index is -0.641. The Bertz CT molecular complexity index is 426. The molecule has 20 heavy (non-hydrogen) atoms. The molecule has 0 bridgehead atoms. The Morgan fingerprint density at radius 3 is 2.50 bits per heavy atom. The number of rotatable bonds is 5. The molecule has 1 aliphatic carbocycles. The molecule has 110 valence electrons. The maximum absolute atomic E-state index is 12.2. The Kier molecular flexibility index (Phi) is 5.18. The van der Waals surface area contributed by atoms with Crippen LogP contribution in [0.1, 0.15) is 44.6 Å². The predicted octanol–water partition coefficient (Wildman–Crippen LogP) is 3.08. The molecule has 0 aliphatic heterocycles. The van der Waals surface area contributed by atoms with Gasteiger partial charge < -0.3 is 4.74 Å². The zero-order chi connectivity index (χ0) is 14.4. The van der Waals surface area contributed by atoms with Crippen molar-refractivity contribution in [2.24, 2.45) is 0 Å². The van der Waals surface area contributed by atoms with Gasteiger partial charge in [0.25, 0.3) is 0 Å². The highest BCUT2D eigenvalue weighted by Crippen LogP contribution is 2.23. The zero-order valence-corrected chi connectivity index (χ0v) is 12.5. The normalized spacial score (nSPS) is 19.3. The number of benzene rings is 1. The van der Waals surface area contributed by atoms with Gasteiger partial charge in [-0.1, -0.05) is 49.6 Å². The summed E-state index contributed by atoms with van der Waals surface area (Å²) < 4.78 is 5.03. The lowest BCUT2D eigenvalue weighted by molar-refractivity contribution is -0.148. The van der Waals surface area contributed by atoms with E-state index < -0.39 is 5.54 Å². The van der Waals surface area contributed by atoms with E-state index in [0.29, 0.717) is 12.5 Å². The van der Waals surface area contributed by atoms with E-state index in [1.807, 2.05) is 25.1 Å². The van der Waals surface area contributed by atoms with E-state index in [1.54, 1.807) is 0 Å². The van der Waals surface area contributed by atoms with Crippen molar-refractivity contribution in [2.75, 3.05) is 7.11 Å². The Morgan fingerprint density at radius 2 is 1.90 bits per heavy atom. The van der Waals surface area contributed by atoms with E-state index in [0.717, 1.165) is 18.4 Å². The topological polar surface area (TPSA) is 38.3 Å². The predicted molar refractivity (Wildman–Crippen MR) is 80.6 cm³/mol. The van der Waals surface area contributed by atoms with E-state index in [4.69, 9.17) is 4.74 Å².